The molecule has 0 aliphatic carbocycles. The predicted molar refractivity (Wildman–Crippen MR) is 252 cm³/mol. The van der Waals surface area contributed by atoms with Crippen LogP contribution in [0, 0.1) is 5.92 Å². The van der Waals surface area contributed by atoms with Crippen LogP contribution >= 0.6 is 0 Å². The Morgan fingerprint density at radius 3 is 1.46 bits per heavy atom. The molecule has 0 aromatic rings. The Morgan fingerprint density at radius 1 is 0.463 bits per heavy atom. The second-order valence-corrected chi connectivity index (χ2v) is 18.6. The fraction of sp³-hybridized carbons (Fsp3) is 0.980. The van der Waals surface area contributed by atoms with E-state index in [0.717, 1.165) is 89.9 Å². The van der Waals surface area contributed by atoms with Gasteiger partial charge in [0.2, 0.25) is 0 Å². The van der Waals surface area contributed by atoms with Gasteiger partial charge in [0, 0.05) is 59.1 Å². The fourth-order valence-electron chi connectivity index (χ4n) is 8.72. The number of fused-ring (bicyclic) bond motifs is 1. The number of carbonyl (C=O) groups is 1. The normalized spacial score (nSPS) is 34.5. The quantitative estimate of drug-likeness (QED) is 0.0440. The average Bonchev–Trinajstić information content (AvgIpc) is 3.31. The molecule has 394 valence electrons. The first kappa shape index (κ1) is 58.5. The largest absolute Gasteiger partial charge is 0.454 e. The molecule has 0 amide bonds. The van der Waals surface area contributed by atoms with Crippen LogP contribution in [0.1, 0.15) is 159 Å². The van der Waals surface area contributed by atoms with E-state index in [9.17, 15) is 4.79 Å². The van der Waals surface area contributed by atoms with Gasteiger partial charge in [0.1, 0.15) is 54.9 Å². The van der Waals surface area contributed by atoms with Gasteiger partial charge in [-0.3, -0.25) is 4.79 Å². The molecule has 0 bridgehead atoms. The van der Waals surface area contributed by atoms with Crippen molar-refractivity contribution in [2.75, 3.05) is 66.1 Å². The van der Waals surface area contributed by atoms with Gasteiger partial charge in [-0.05, 0) is 51.9 Å². The van der Waals surface area contributed by atoms with Crippen LogP contribution in [-0.2, 0) is 75.8 Å². The van der Waals surface area contributed by atoms with E-state index in [1.54, 1.807) is 0 Å². The summed E-state index contributed by atoms with van der Waals surface area (Å²) >= 11 is 0. The number of rotatable bonds is 35. The van der Waals surface area contributed by atoms with E-state index in [1.165, 1.54) is 6.92 Å². The summed E-state index contributed by atoms with van der Waals surface area (Å²) in [5, 5.41) is 0. The van der Waals surface area contributed by atoms with Crippen molar-refractivity contribution in [3.05, 3.63) is 0 Å². The van der Waals surface area contributed by atoms with Crippen molar-refractivity contribution in [3.8, 4) is 0 Å². The minimum atomic E-state index is -1.14. The molecule has 0 aromatic heterocycles. The first-order chi connectivity index (χ1) is 32.6. The molecule has 16 atom stereocenters. The summed E-state index contributed by atoms with van der Waals surface area (Å²) in [5.41, 5.74) is 0. The minimum absolute atomic E-state index is 0.190. The zero-order chi connectivity index (χ0) is 48.4. The van der Waals surface area contributed by atoms with Gasteiger partial charge in [-0.25, -0.2) is 0 Å². The predicted octanol–water partition coefficient (Wildman–Crippen LogP) is 8.45. The lowest BCUT2D eigenvalue weighted by Gasteiger charge is -2.53. The molecule has 4 heterocycles. The Labute approximate surface area is 404 Å². The van der Waals surface area contributed by atoms with Crippen LogP contribution in [0.4, 0.5) is 0 Å². The SMILES string of the molecule is CCCCOCC1O[C@@H](OCCCC)[C@@H](C)C(OCCCC)[C@@H]1O[C@@H]1OC2COC(C)O[C@H]2C(OC2OC(COCCCC)[C@H](OCCCC)[C@@H](OCCCC)[C@@H]2OC(C)=O)[C@H]1OCCCC. The molecule has 0 N–H and O–H groups in total. The van der Waals surface area contributed by atoms with Crippen LogP contribution in [0.3, 0.4) is 0 Å². The highest BCUT2D eigenvalue weighted by atomic mass is 16.8. The summed E-state index contributed by atoms with van der Waals surface area (Å²) in [6.07, 6.45) is 1.87. The lowest BCUT2D eigenvalue weighted by atomic mass is 9.91. The highest BCUT2D eigenvalue weighted by molar-refractivity contribution is 5.66. The van der Waals surface area contributed by atoms with Gasteiger partial charge in [0.05, 0.1) is 25.9 Å². The molecule has 4 aliphatic heterocycles. The van der Waals surface area contributed by atoms with Crippen molar-refractivity contribution in [3.63, 3.8) is 0 Å². The third-order valence-corrected chi connectivity index (χ3v) is 12.7. The number of ether oxygens (including phenoxy) is 15. The van der Waals surface area contributed by atoms with Crippen LogP contribution < -0.4 is 0 Å². The first-order valence-electron chi connectivity index (χ1n) is 26.6. The summed E-state index contributed by atoms with van der Waals surface area (Å²) < 4.78 is 99.7. The molecule has 0 aromatic carbocycles. The molecule has 4 fully saturated rings. The van der Waals surface area contributed by atoms with Crippen LogP contribution in [0.25, 0.3) is 0 Å². The maximum absolute atomic E-state index is 13.1. The van der Waals surface area contributed by atoms with Crippen molar-refractivity contribution in [2.45, 2.75) is 251 Å². The van der Waals surface area contributed by atoms with Crippen molar-refractivity contribution >= 4 is 5.97 Å². The molecule has 0 spiro atoms. The standard InChI is InChI=1S/C51H94O16/c1-11-18-25-53-32-38-42(56-28-21-14-4)45(57-29-22-15-5)48(61-36(9)52)51(64-38)67-46-44-40(34-60-37(10)62-44)65-50(47(46)58-30-23-16-6)66-43-39(33-54-26-19-12-2)63-49(59-31-24-17-7)35(8)41(43)55-27-20-13-3/h35,37-51H,11-34H2,1-10H3/t35-,37?,38?,39?,40?,41?,42-,43+,44+,45+,46?,47+,48-,49+,50-,51?/m0/s1. The molecule has 67 heavy (non-hydrogen) atoms. The topological polar surface area (TPSA) is 156 Å². The number of unbranched alkanes of at least 4 members (excludes halogenated alkanes) is 7. The van der Waals surface area contributed by atoms with Crippen molar-refractivity contribution in [1.29, 1.82) is 0 Å². The molecule has 0 radical (unpaired) electrons. The molecule has 16 nitrogen and oxygen atoms in total. The lowest BCUT2D eigenvalue weighted by Crippen LogP contribution is -2.69. The van der Waals surface area contributed by atoms with Crippen LogP contribution in [0.2, 0.25) is 0 Å². The number of esters is 1. The molecule has 0 saturated carbocycles. The second-order valence-electron chi connectivity index (χ2n) is 18.6. The zero-order valence-electron chi connectivity index (χ0n) is 43.2. The summed E-state index contributed by atoms with van der Waals surface area (Å²) in [6.45, 7) is 24.5. The van der Waals surface area contributed by atoms with E-state index < -0.39 is 98.3 Å². The molecular formula is C51H94O16. The third-order valence-electron chi connectivity index (χ3n) is 12.7. The Morgan fingerprint density at radius 2 is 0.910 bits per heavy atom. The molecule has 4 saturated heterocycles. The average molecular weight is 963 g/mol. The minimum Gasteiger partial charge on any atom is -0.454 e. The van der Waals surface area contributed by atoms with Gasteiger partial charge in [-0.2, -0.15) is 0 Å². The Hall–Kier alpha value is -1.09. The smallest absolute Gasteiger partial charge is 0.303 e. The summed E-state index contributed by atoms with van der Waals surface area (Å²) in [5.74, 6) is -0.692. The molecule has 4 rings (SSSR count). The fourth-order valence-corrected chi connectivity index (χ4v) is 8.72. The van der Waals surface area contributed by atoms with E-state index >= 15 is 0 Å². The van der Waals surface area contributed by atoms with Crippen molar-refractivity contribution in [2.24, 2.45) is 5.92 Å². The van der Waals surface area contributed by atoms with Crippen LogP contribution in [-0.4, -0.2) is 164 Å². The van der Waals surface area contributed by atoms with E-state index in [1.807, 2.05) is 6.92 Å². The highest BCUT2D eigenvalue weighted by Gasteiger charge is 2.58. The maximum Gasteiger partial charge on any atom is 0.303 e. The van der Waals surface area contributed by atoms with Crippen LogP contribution in [0.15, 0.2) is 0 Å². The Bertz CT molecular complexity index is 1270. The lowest BCUT2D eigenvalue weighted by molar-refractivity contribution is -0.407. The van der Waals surface area contributed by atoms with Gasteiger partial charge < -0.3 is 71.1 Å². The Kier molecular flexibility index (Phi) is 29.3. The molecule has 16 heteroatoms. The third kappa shape index (κ3) is 18.8. The summed E-state index contributed by atoms with van der Waals surface area (Å²) in [4.78, 5) is 13.1. The van der Waals surface area contributed by atoms with Gasteiger partial charge in [-0.15, -0.1) is 0 Å². The van der Waals surface area contributed by atoms with E-state index in [4.69, 9.17) is 71.1 Å². The van der Waals surface area contributed by atoms with Crippen LogP contribution in [0.5, 0.6) is 0 Å². The number of carbonyl (C=O) groups excluding carboxylic acids is 1. The van der Waals surface area contributed by atoms with E-state index in [2.05, 4.69) is 55.4 Å². The zero-order valence-corrected chi connectivity index (χ0v) is 43.2. The maximum atomic E-state index is 13.1. The molecular weight excluding hydrogens is 869 g/mol. The molecule has 7 unspecified atom stereocenters. The van der Waals surface area contributed by atoms with Crippen molar-refractivity contribution < 1.29 is 75.8 Å². The first-order valence-corrected chi connectivity index (χ1v) is 26.6. The van der Waals surface area contributed by atoms with Gasteiger partial charge in [0.15, 0.2) is 31.3 Å². The van der Waals surface area contributed by atoms with Gasteiger partial charge in [-0.1, -0.05) is 100 Å². The van der Waals surface area contributed by atoms with E-state index in [0.29, 0.717) is 46.2 Å². The van der Waals surface area contributed by atoms with Gasteiger partial charge in [0.25, 0.3) is 0 Å². The summed E-state index contributed by atoms with van der Waals surface area (Å²) in [7, 11) is 0. The summed E-state index contributed by atoms with van der Waals surface area (Å²) in [6, 6.07) is 0. The monoisotopic (exact) mass is 963 g/mol. The van der Waals surface area contributed by atoms with Crippen molar-refractivity contribution in [1.82, 2.24) is 0 Å². The molecule has 4 aliphatic rings. The number of hydrogen-bond donors (Lipinski definition) is 0. The van der Waals surface area contributed by atoms with E-state index in [-0.39, 0.29) is 25.7 Å². The highest BCUT2D eigenvalue weighted by Crippen LogP contribution is 2.40. The Balaban J connectivity index is 1.79. The number of hydrogen-bond acceptors (Lipinski definition) is 16. The van der Waals surface area contributed by atoms with Gasteiger partial charge >= 0.3 is 5.97 Å². The second kappa shape index (κ2) is 33.5.